The van der Waals surface area contributed by atoms with E-state index in [4.69, 9.17) is 0 Å². The lowest BCUT2D eigenvalue weighted by atomic mass is 9.89. The third-order valence-corrected chi connectivity index (χ3v) is 3.36. The molecular weight excluding hydrogens is 280 g/mol. The van der Waals surface area contributed by atoms with Crippen molar-refractivity contribution in [1.29, 1.82) is 0 Å². The maximum absolute atomic E-state index is 10.3. The minimum absolute atomic E-state index is 0.253. The van der Waals surface area contributed by atoms with E-state index in [0.29, 0.717) is 0 Å². The SMILES string of the molecule is CCCn1ncc(Br)c1C(O)CCC(C)(C)C. The number of halogens is 1. The molecule has 1 atom stereocenters. The fourth-order valence-electron chi connectivity index (χ4n) is 1.80. The van der Waals surface area contributed by atoms with E-state index >= 15 is 0 Å². The lowest BCUT2D eigenvalue weighted by Gasteiger charge is -2.21. The Morgan fingerprint density at radius 2 is 2.12 bits per heavy atom. The average molecular weight is 303 g/mol. The quantitative estimate of drug-likeness (QED) is 0.895. The molecular formula is C13H23BrN2O. The predicted octanol–water partition coefficient (Wildman–Crippen LogP) is 3.92. The van der Waals surface area contributed by atoms with Crippen LogP contribution in [-0.4, -0.2) is 14.9 Å². The van der Waals surface area contributed by atoms with Crippen molar-refractivity contribution in [2.45, 2.75) is 59.6 Å². The van der Waals surface area contributed by atoms with E-state index < -0.39 is 6.10 Å². The van der Waals surface area contributed by atoms with Crippen LogP contribution in [0.4, 0.5) is 0 Å². The highest BCUT2D eigenvalue weighted by molar-refractivity contribution is 9.10. The molecule has 1 heterocycles. The molecule has 1 aromatic rings. The Hall–Kier alpha value is -0.350. The second kappa shape index (κ2) is 6.01. The van der Waals surface area contributed by atoms with Gasteiger partial charge >= 0.3 is 0 Å². The molecule has 1 aromatic heterocycles. The van der Waals surface area contributed by atoms with Crippen molar-refractivity contribution >= 4 is 15.9 Å². The highest BCUT2D eigenvalue weighted by Gasteiger charge is 2.20. The number of hydrogen-bond acceptors (Lipinski definition) is 2. The van der Waals surface area contributed by atoms with Crippen LogP contribution in [0.3, 0.4) is 0 Å². The number of nitrogens with zero attached hydrogens (tertiary/aromatic N) is 2. The Morgan fingerprint density at radius 1 is 1.47 bits per heavy atom. The van der Waals surface area contributed by atoms with Crippen LogP contribution in [-0.2, 0) is 6.54 Å². The lowest BCUT2D eigenvalue weighted by Crippen LogP contribution is -2.13. The van der Waals surface area contributed by atoms with Crippen LogP contribution in [0.1, 0.15) is 58.8 Å². The van der Waals surface area contributed by atoms with Crippen molar-refractivity contribution in [2.75, 3.05) is 0 Å². The van der Waals surface area contributed by atoms with Gasteiger partial charge in [0, 0.05) is 6.54 Å². The first kappa shape index (κ1) is 14.7. The summed E-state index contributed by atoms with van der Waals surface area (Å²) in [5, 5.41) is 14.6. The summed E-state index contributed by atoms with van der Waals surface area (Å²) < 4.78 is 2.81. The van der Waals surface area contributed by atoms with Gasteiger partial charge in [0.05, 0.1) is 22.5 Å². The van der Waals surface area contributed by atoms with Crippen LogP contribution in [0, 0.1) is 5.41 Å². The van der Waals surface area contributed by atoms with Gasteiger partial charge in [0.1, 0.15) is 0 Å². The molecule has 1 rings (SSSR count). The van der Waals surface area contributed by atoms with E-state index in [9.17, 15) is 5.11 Å². The summed E-state index contributed by atoms with van der Waals surface area (Å²) in [5.74, 6) is 0. The van der Waals surface area contributed by atoms with E-state index in [-0.39, 0.29) is 5.41 Å². The van der Waals surface area contributed by atoms with Gasteiger partial charge in [0.2, 0.25) is 0 Å². The van der Waals surface area contributed by atoms with E-state index in [1.165, 1.54) is 0 Å². The van der Waals surface area contributed by atoms with Crippen LogP contribution in [0.5, 0.6) is 0 Å². The van der Waals surface area contributed by atoms with Crippen LogP contribution in [0.15, 0.2) is 10.7 Å². The van der Waals surface area contributed by atoms with Crippen molar-refractivity contribution in [2.24, 2.45) is 5.41 Å². The smallest absolute Gasteiger partial charge is 0.0968 e. The van der Waals surface area contributed by atoms with Crippen LogP contribution >= 0.6 is 15.9 Å². The van der Waals surface area contributed by atoms with Crippen LogP contribution < -0.4 is 0 Å². The molecule has 0 bridgehead atoms. The van der Waals surface area contributed by atoms with Crippen molar-refractivity contribution in [3.8, 4) is 0 Å². The fraction of sp³-hybridized carbons (Fsp3) is 0.769. The third kappa shape index (κ3) is 4.43. The second-order valence-corrected chi connectivity index (χ2v) is 6.57. The Labute approximate surface area is 112 Å². The van der Waals surface area contributed by atoms with Gasteiger partial charge in [-0.2, -0.15) is 5.10 Å². The van der Waals surface area contributed by atoms with E-state index in [0.717, 1.165) is 36.0 Å². The van der Waals surface area contributed by atoms with Crippen molar-refractivity contribution in [3.63, 3.8) is 0 Å². The van der Waals surface area contributed by atoms with Crippen molar-refractivity contribution in [3.05, 3.63) is 16.4 Å². The van der Waals surface area contributed by atoms with Gasteiger partial charge in [0.25, 0.3) is 0 Å². The molecule has 0 saturated carbocycles. The summed E-state index contributed by atoms with van der Waals surface area (Å²) in [6.45, 7) is 9.54. The van der Waals surface area contributed by atoms with E-state index in [2.05, 4.69) is 48.7 Å². The molecule has 0 fully saturated rings. The molecule has 1 N–H and O–H groups in total. The molecule has 98 valence electrons. The molecule has 3 nitrogen and oxygen atoms in total. The average Bonchev–Trinajstić information content (AvgIpc) is 2.56. The zero-order valence-electron chi connectivity index (χ0n) is 11.2. The van der Waals surface area contributed by atoms with Gasteiger partial charge < -0.3 is 5.11 Å². The van der Waals surface area contributed by atoms with Gasteiger partial charge in [0.15, 0.2) is 0 Å². The summed E-state index contributed by atoms with van der Waals surface area (Å²) in [6.07, 6.45) is 4.13. The molecule has 0 aliphatic heterocycles. The molecule has 1 unspecified atom stereocenters. The largest absolute Gasteiger partial charge is 0.387 e. The number of aliphatic hydroxyl groups is 1. The number of aliphatic hydroxyl groups excluding tert-OH is 1. The maximum atomic E-state index is 10.3. The highest BCUT2D eigenvalue weighted by Crippen LogP contribution is 2.30. The first-order valence-corrected chi connectivity index (χ1v) is 7.03. The van der Waals surface area contributed by atoms with Crippen molar-refractivity contribution in [1.82, 2.24) is 9.78 Å². The van der Waals surface area contributed by atoms with Gasteiger partial charge in [-0.15, -0.1) is 0 Å². The molecule has 17 heavy (non-hydrogen) atoms. The summed E-state index contributed by atoms with van der Waals surface area (Å²) in [4.78, 5) is 0. The Bertz CT molecular complexity index is 355. The van der Waals surface area contributed by atoms with E-state index in [1.807, 2.05) is 4.68 Å². The number of aromatic nitrogens is 2. The topological polar surface area (TPSA) is 38.0 Å². The molecule has 0 aliphatic carbocycles. The fourth-order valence-corrected chi connectivity index (χ4v) is 2.36. The Kier molecular flexibility index (Phi) is 5.20. The molecule has 0 amide bonds. The zero-order chi connectivity index (χ0) is 13.1. The molecule has 4 heteroatoms. The number of aryl methyl sites for hydroxylation is 1. The summed E-state index contributed by atoms with van der Waals surface area (Å²) >= 11 is 3.46. The Balaban J connectivity index is 2.73. The highest BCUT2D eigenvalue weighted by atomic mass is 79.9. The second-order valence-electron chi connectivity index (χ2n) is 5.72. The standard InChI is InChI=1S/C13H23BrN2O/c1-5-8-16-12(10(14)9-15-16)11(17)6-7-13(2,3)4/h9,11,17H,5-8H2,1-4H3. The summed E-state index contributed by atoms with van der Waals surface area (Å²) in [7, 11) is 0. The first-order valence-electron chi connectivity index (χ1n) is 6.24. The number of rotatable bonds is 5. The number of hydrogen-bond donors (Lipinski definition) is 1. The van der Waals surface area contributed by atoms with Gasteiger partial charge in [-0.25, -0.2) is 0 Å². The third-order valence-electron chi connectivity index (χ3n) is 2.75. The maximum Gasteiger partial charge on any atom is 0.0968 e. The molecule has 0 aliphatic rings. The van der Waals surface area contributed by atoms with Gasteiger partial charge in [-0.05, 0) is 40.6 Å². The van der Waals surface area contributed by atoms with Crippen LogP contribution in [0.25, 0.3) is 0 Å². The van der Waals surface area contributed by atoms with Gasteiger partial charge in [-0.1, -0.05) is 27.7 Å². The summed E-state index contributed by atoms with van der Waals surface area (Å²) in [5.41, 5.74) is 1.17. The predicted molar refractivity (Wildman–Crippen MR) is 73.9 cm³/mol. The minimum Gasteiger partial charge on any atom is -0.387 e. The normalized spacial score (nSPS) is 14.0. The molecule has 0 saturated heterocycles. The van der Waals surface area contributed by atoms with E-state index in [1.54, 1.807) is 6.20 Å². The zero-order valence-corrected chi connectivity index (χ0v) is 12.8. The monoisotopic (exact) mass is 302 g/mol. The van der Waals surface area contributed by atoms with Gasteiger partial charge in [-0.3, -0.25) is 4.68 Å². The van der Waals surface area contributed by atoms with Crippen molar-refractivity contribution < 1.29 is 5.11 Å². The lowest BCUT2D eigenvalue weighted by molar-refractivity contribution is 0.137. The molecule has 0 spiro atoms. The molecule has 0 radical (unpaired) electrons. The van der Waals surface area contributed by atoms with Crippen LogP contribution in [0.2, 0.25) is 0 Å². The molecule has 0 aromatic carbocycles. The minimum atomic E-state index is -0.433. The summed E-state index contributed by atoms with van der Waals surface area (Å²) in [6, 6.07) is 0. The Morgan fingerprint density at radius 3 is 2.65 bits per heavy atom. The first-order chi connectivity index (χ1) is 7.85.